The average molecular weight is 202 g/mol. The molecule has 0 saturated carbocycles. The van der Waals surface area contributed by atoms with E-state index in [2.05, 4.69) is 0 Å². The molecule has 0 atom stereocenters. The van der Waals surface area contributed by atoms with Gasteiger partial charge in [0, 0.05) is 18.5 Å². The van der Waals surface area contributed by atoms with E-state index in [4.69, 9.17) is 6.85 Å². The minimum Gasteiger partial charge on any atom is -0.291 e. The van der Waals surface area contributed by atoms with E-state index in [1.807, 2.05) is 0 Å². The zero-order chi connectivity index (χ0) is 14.9. The van der Waals surface area contributed by atoms with Crippen molar-refractivity contribution >= 4 is 12.3 Å². The van der Waals surface area contributed by atoms with Crippen LogP contribution >= 0.6 is 0 Å². The summed E-state index contributed by atoms with van der Waals surface area (Å²) in [5.41, 5.74) is -0.220. The van der Waals surface area contributed by atoms with Crippen molar-refractivity contribution in [3.05, 3.63) is 70.5 Å². The molecule has 1 heterocycles. The van der Waals surface area contributed by atoms with E-state index in [1.54, 1.807) is 12.1 Å². The van der Waals surface area contributed by atoms with Gasteiger partial charge in [-0.3, -0.25) is 9.36 Å². The predicted molar refractivity (Wildman–Crippen MR) is 62.4 cm³/mol. The lowest BCUT2D eigenvalue weighted by Gasteiger charge is -1.96. The monoisotopic (exact) mass is 202 g/mol. The molecule has 2 rings (SSSR count). The molecule has 0 fully saturated rings. The van der Waals surface area contributed by atoms with Crippen LogP contribution in [0, 0.1) is 0 Å². The second-order valence-corrected chi connectivity index (χ2v) is 2.80. The van der Waals surface area contributed by atoms with Crippen molar-refractivity contribution in [3.8, 4) is 0 Å². The van der Waals surface area contributed by atoms with E-state index in [9.17, 15) is 4.79 Å². The van der Waals surface area contributed by atoms with Crippen LogP contribution in [0.25, 0.3) is 12.3 Å². The SMILES string of the molecule is [2H]c1c([2H])c([2H])c(/C=C/n2ccccc2=O)c([2H])c1[2H]. The average Bonchev–Trinajstić information content (AvgIpc) is 2.45. The van der Waals surface area contributed by atoms with E-state index in [0.717, 1.165) is 0 Å². The number of aromatic nitrogens is 1. The van der Waals surface area contributed by atoms with Crippen molar-refractivity contribution in [2.45, 2.75) is 0 Å². The first kappa shape index (κ1) is 5.12. The molecule has 0 N–H and O–H groups in total. The summed E-state index contributed by atoms with van der Waals surface area (Å²) in [5.74, 6) is 0. The summed E-state index contributed by atoms with van der Waals surface area (Å²) in [4.78, 5) is 11.5. The lowest BCUT2D eigenvalue weighted by atomic mass is 10.2. The molecule has 0 bridgehead atoms. The number of hydrogen-bond acceptors (Lipinski definition) is 1. The second kappa shape index (κ2) is 4.42. The van der Waals surface area contributed by atoms with Crippen LogP contribution in [0.2, 0.25) is 0 Å². The predicted octanol–water partition coefficient (Wildman–Crippen LogP) is 2.48. The normalized spacial score (nSPS) is 15.3. The number of pyridine rings is 1. The maximum atomic E-state index is 11.5. The van der Waals surface area contributed by atoms with Crippen LogP contribution in [0.5, 0.6) is 0 Å². The maximum absolute atomic E-state index is 11.5. The van der Waals surface area contributed by atoms with Gasteiger partial charge in [0.25, 0.3) is 5.56 Å². The molecular formula is C13H11NO. The molecule has 15 heavy (non-hydrogen) atoms. The molecule has 0 aliphatic heterocycles. The highest BCUT2D eigenvalue weighted by atomic mass is 16.1. The molecule has 74 valence electrons. The Morgan fingerprint density at radius 1 is 1.20 bits per heavy atom. The standard InChI is InChI=1S/C13H11NO/c15-13-8-4-5-10-14(13)11-9-12-6-2-1-3-7-12/h1-11H/b11-9+/i1D,2D,3D,6D,7D. The molecule has 1 aromatic carbocycles. The van der Waals surface area contributed by atoms with Crippen LogP contribution < -0.4 is 5.56 Å². The first-order chi connectivity index (χ1) is 9.43. The van der Waals surface area contributed by atoms with Crippen molar-refractivity contribution in [1.82, 2.24) is 4.57 Å². The minimum absolute atomic E-state index is 0.0479. The van der Waals surface area contributed by atoms with Crippen molar-refractivity contribution in [2.24, 2.45) is 0 Å². The summed E-state index contributed by atoms with van der Waals surface area (Å²) in [5, 5.41) is 0. The van der Waals surface area contributed by atoms with Gasteiger partial charge in [-0.2, -0.15) is 0 Å². The van der Waals surface area contributed by atoms with Crippen LogP contribution in [0.4, 0.5) is 0 Å². The Morgan fingerprint density at radius 2 is 2.00 bits per heavy atom. The molecule has 0 saturated heterocycles. The van der Waals surface area contributed by atoms with E-state index in [1.165, 1.54) is 29.1 Å². The largest absolute Gasteiger partial charge is 0.291 e. The first-order valence-corrected chi connectivity index (χ1v) is 4.35. The fourth-order valence-corrected chi connectivity index (χ4v) is 1.06. The van der Waals surface area contributed by atoms with Gasteiger partial charge >= 0.3 is 0 Å². The Morgan fingerprint density at radius 3 is 2.73 bits per heavy atom. The quantitative estimate of drug-likeness (QED) is 0.733. The van der Waals surface area contributed by atoms with Gasteiger partial charge in [0.2, 0.25) is 0 Å². The maximum Gasteiger partial charge on any atom is 0.254 e. The Balaban J connectivity index is 2.55. The highest BCUT2D eigenvalue weighted by Crippen LogP contribution is 2.01. The molecule has 0 spiro atoms. The van der Waals surface area contributed by atoms with Crippen LogP contribution in [-0.4, -0.2) is 4.57 Å². The van der Waals surface area contributed by atoms with Crippen LogP contribution in [0.3, 0.4) is 0 Å². The highest BCUT2D eigenvalue weighted by molar-refractivity contribution is 5.60. The fraction of sp³-hybridized carbons (Fsp3) is 0. The van der Waals surface area contributed by atoms with Crippen molar-refractivity contribution < 1.29 is 6.85 Å². The van der Waals surface area contributed by atoms with Crippen molar-refractivity contribution in [3.63, 3.8) is 0 Å². The van der Waals surface area contributed by atoms with Gasteiger partial charge in [0.1, 0.15) is 0 Å². The summed E-state index contributed by atoms with van der Waals surface area (Å²) < 4.78 is 39.3. The molecule has 2 nitrogen and oxygen atoms in total. The summed E-state index contributed by atoms with van der Waals surface area (Å²) in [6.07, 6.45) is 4.23. The molecule has 2 heteroatoms. The Bertz CT molecular complexity index is 722. The van der Waals surface area contributed by atoms with Gasteiger partial charge in [-0.05, 0) is 17.7 Å². The summed E-state index contributed by atoms with van der Waals surface area (Å²) >= 11 is 0. The zero-order valence-electron chi connectivity index (χ0n) is 12.8. The van der Waals surface area contributed by atoms with E-state index < -0.39 is 18.1 Å². The zero-order valence-corrected chi connectivity index (χ0v) is 7.82. The molecule has 1 aromatic heterocycles. The van der Waals surface area contributed by atoms with E-state index >= 15 is 0 Å². The third kappa shape index (κ3) is 2.44. The van der Waals surface area contributed by atoms with Crippen LogP contribution in [-0.2, 0) is 0 Å². The highest BCUT2D eigenvalue weighted by Gasteiger charge is 1.87. The molecule has 0 unspecified atom stereocenters. The first-order valence-electron chi connectivity index (χ1n) is 6.85. The smallest absolute Gasteiger partial charge is 0.254 e. The molecular weight excluding hydrogens is 186 g/mol. The van der Waals surface area contributed by atoms with Gasteiger partial charge in [0.05, 0.1) is 6.85 Å². The summed E-state index contributed by atoms with van der Waals surface area (Å²) in [7, 11) is 0. The van der Waals surface area contributed by atoms with Crippen LogP contribution in [0.15, 0.2) is 59.4 Å². The Labute approximate surface area is 95.1 Å². The summed E-state index contributed by atoms with van der Waals surface area (Å²) in [6, 6.07) is 2.80. The topological polar surface area (TPSA) is 22.0 Å². The van der Waals surface area contributed by atoms with Crippen molar-refractivity contribution in [1.29, 1.82) is 0 Å². The number of hydrogen-bond donors (Lipinski definition) is 0. The lowest BCUT2D eigenvalue weighted by molar-refractivity contribution is 1.06. The van der Waals surface area contributed by atoms with E-state index in [-0.39, 0.29) is 23.2 Å². The van der Waals surface area contributed by atoms with Crippen LogP contribution in [0.1, 0.15) is 12.4 Å². The Hall–Kier alpha value is -2.09. The fourth-order valence-electron chi connectivity index (χ4n) is 1.06. The second-order valence-electron chi connectivity index (χ2n) is 2.80. The summed E-state index contributed by atoms with van der Waals surface area (Å²) in [6.45, 7) is 0. The van der Waals surface area contributed by atoms with Gasteiger partial charge in [-0.15, -0.1) is 0 Å². The van der Waals surface area contributed by atoms with Gasteiger partial charge in [-0.1, -0.05) is 36.3 Å². The van der Waals surface area contributed by atoms with Gasteiger partial charge < -0.3 is 0 Å². The minimum atomic E-state index is -0.436. The molecule has 0 aliphatic carbocycles. The number of benzene rings is 1. The molecule has 2 aromatic rings. The molecule has 0 radical (unpaired) electrons. The van der Waals surface area contributed by atoms with E-state index in [0.29, 0.717) is 0 Å². The molecule has 0 aliphatic rings. The van der Waals surface area contributed by atoms with Crippen molar-refractivity contribution in [2.75, 3.05) is 0 Å². The Kier molecular flexibility index (Phi) is 1.51. The number of rotatable bonds is 2. The van der Waals surface area contributed by atoms with Gasteiger partial charge in [-0.25, -0.2) is 0 Å². The van der Waals surface area contributed by atoms with Gasteiger partial charge in [0.15, 0.2) is 0 Å². The number of nitrogens with zero attached hydrogens (tertiary/aromatic N) is 1. The molecule has 0 amide bonds. The third-order valence-corrected chi connectivity index (χ3v) is 1.77. The third-order valence-electron chi connectivity index (χ3n) is 1.77. The lowest BCUT2D eigenvalue weighted by Crippen LogP contribution is -2.11.